The Labute approximate surface area is 115 Å². The van der Waals surface area contributed by atoms with Crippen molar-refractivity contribution in [2.75, 3.05) is 32.6 Å². The largest absolute Gasteiger partial charge is 0.381 e. The van der Waals surface area contributed by atoms with Crippen LogP contribution in [0.4, 0.5) is 0 Å². The van der Waals surface area contributed by atoms with E-state index in [0.29, 0.717) is 6.04 Å². The topological polar surface area (TPSA) is 45.7 Å². The van der Waals surface area contributed by atoms with Gasteiger partial charge >= 0.3 is 0 Å². The number of nitrogens with zero attached hydrogens (tertiary/aromatic N) is 1. The van der Waals surface area contributed by atoms with Crippen LogP contribution < -0.4 is 10.6 Å². The van der Waals surface area contributed by atoms with Gasteiger partial charge in [0.1, 0.15) is 0 Å². The number of rotatable bonds is 5. The van der Waals surface area contributed by atoms with E-state index >= 15 is 0 Å². The molecule has 0 unspecified atom stereocenters. The highest BCUT2D eigenvalue weighted by Gasteiger charge is 2.31. The van der Waals surface area contributed by atoms with E-state index in [1.54, 1.807) is 0 Å². The van der Waals surface area contributed by atoms with Crippen LogP contribution >= 0.6 is 11.8 Å². The fourth-order valence-corrected chi connectivity index (χ4v) is 2.76. The van der Waals surface area contributed by atoms with Gasteiger partial charge in [0, 0.05) is 30.5 Å². The molecule has 0 radical (unpaired) electrons. The molecule has 0 saturated carbocycles. The van der Waals surface area contributed by atoms with Gasteiger partial charge in [-0.1, -0.05) is 0 Å². The van der Waals surface area contributed by atoms with Crippen LogP contribution in [0.1, 0.15) is 33.6 Å². The third-order valence-electron chi connectivity index (χ3n) is 3.13. The summed E-state index contributed by atoms with van der Waals surface area (Å²) in [6.07, 6.45) is 4.38. The first kappa shape index (κ1) is 15.6. The van der Waals surface area contributed by atoms with Crippen LogP contribution in [0.2, 0.25) is 0 Å². The van der Waals surface area contributed by atoms with Gasteiger partial charge in [-0.15, -0.1) is 0 Å². The lowest BCUT2D eigenvalue weighted by molar-refractivity contribution is 0.0794. The Morgan fingerprint density at radius 3 is 2.56 bits per heavy atom. The van der Waals surface area contributed by atoms with Crippen molar-refractivity contribution in [1.29, 1.82) is 0 Å². The summed E-state index contributed by atoms with van der Waals surface area (Å²) in [4.78, 5) is 4.74. The molecule has 0 aromatic heterocycles. The van der Waals surface area contributed by atoms with Crippen molar-refractivity contribution in [3.63, 3.8) is 0 Å². The normalized spacial score (nSPS) is 19.9. The van der Waals surface area contributed by atoms with Gasteiger partial charge in [-0.05, 0) is 39.9 Å². The number of ether oxygens (including phenoxy) is 1. The van der Waals surface area contributed by atoms with Gasteiger partial charge in [0.2, 0.25) is 0 Å². The summed E-state index contributed by atoms with van der Waals surface area (Å²) >= 11 is 1.93. The summed E-state index contributed by atoms with van der Waals surface area (Å²) in [5.41, 5.74) is 0. The van der Waals surface area contributed by atoms with Crippen molar-refractivity contribution in [3.8, 4) is 0 Å². The van der Waals surface area contributed by atoms with E-state index in [0.717, 1.165) is 45.1 Å². The van der Waals surface area contributed by atoms with Crippen LogP contribution in [0.15, 0.2) is 4.99 Å². The lowest BCUT2D eigenvalue weighted by Crippen LogP contribution is -2.43. The number of hydrogen-bond acceptors (Lipinski definition) is 3. The molecule has 5 heteroatoms. The molecule has 1 aliphatic heterocycles. The van der Waals surface area contributed by atoms with Gasteiger partial charge in [0.05, 0.1) is 6.54 Å². The van der Waals surface area contributed by atoms with Crippen LogP contribution in [0, 0.1) is 0 Å². The summed E-state index contributed by atoms with van der Waals surface area (Å²) < 4.78 is 5.71. The number of hydrogen-bond donors (Lipinski definition) is 2. The van der Waals surface area contributed by atoms with Crippen molar-refractivity contribution in [1.82, 2.24) is 10.6 Å². The molecule has 1 aliphatic rings. The van der Waals surface area contributed by atoms with Crippen LogP contribution in [0.5, 0.6) is 0 Å². The van der Waals surface area contributed by atoms with Gasteiger partial charge < -0.3 is 15.4 Å². The van der Waals surface area contributed by atoms with Crippen LogP contribution in [-0.2, 0) is 4.74 Å². The maximum absolute atomic E-state index is 5.45. The molecule has 1 heterocycles. The van der Waals surface area contributed by atoms with Gasteiger partial charge in [0.15, 0.2) is 5.96 Å². The Morgan fingerprint density at radius 1 is 1.39 bits per heavy atom. The molecule has 1 saturated heterocycles. The Kier molecular flexibility index (Phi) is 6.86. The van der Waals surface area contributed by atoms with E-state index in [2.05, 4.69) is 37.7 Å². The van der Waals surface area contributed by atoms with E-state index in [1.807, 2.05) is 11.8 Å². The quantitative estimate of drug-likeness (QED) is 0.593. The molecule has 0 atom stereocenters. The molecule has 0 amide bonds. The third-order valence-corrected chi connectivity index (χ3v) is 4.54. The van der Waals surface area contributed by atoms with Crippen LogP contribution in [0.3, 0.4) is 0 Å². The first-order chi connectivity index (χ1) is 8.62. The van der Waals surface area contributed by atoms with Gasteiger partial charge in [-0.2, -0.15) is 11.8 Å². The second-order valence-corrected chi connectivity index (χ2v) is 6.27. The average molecular weight is 273 g/mol. The van der Waals surface area contributed by atoms with Crippen molar-refractivity contribution in [2.24, 2.45) is 4.99 Å². The first-order valence-corrected chi connectivity index (χ1v) is 8.02. The summed E-state index contributed by atoms with van der Waals surface area (Å²) in [6, 6.07) is 0.405. The Balaban J connectivity index is 2.60. The van der Waals surface area contributed by atoms with Gasteiger partial charge in [-0.3, -0.25) is 4.99 Å². The number of aliphatic imine (C=N–C) groups is 1. The number of guanidine groups is 1. The highest BCUT2D eigenvalue weighted by Crippen LogP contribution is 2.33. The molecular formula is C13H27N3OS. The Hall–Kier alpha value is -0.420. The fourth-order valence-electron chi connectivity index (χ4n) is 1.99. The average Bonchev–Trinajstić information content (AvgIpc) is 2.37. The minimum Gasteiger partial charge on any atom is -0.381 e. The molecule has 4 nitrogen and oxygen atoms in total. The van der Waals surface area contributed by atoms with Gasteiger partial charge in [0.25, 0.3) is 0 Å². The van der Waals surface area contributed by atoms with Crippen molar-refractivity contribution < 1.29 is 4.74 Å². The van der Waals surface area contributed by atoms with Crippen molar-refractivity contribution in [2.45, 2.75) is 44.4 Å². The molecule has 1 fully saturated rings. The Morgan fingerprint density at radius 2 is 2.06 bits per heavy atom. The molecule has 0 aliphatic carbocycles. The third kappa shape index (κ3) is 5.06. The van der Waals surface area contributed by atoms with E-state index < -0.39 is 0 Å². The molecule has 106 valence electrons. The fraction of sp³-hybridized carbons (Fsp3) is 0.923. The number of thioether (sulfide) groups is 1. The SMILES string of the molecule is CCNC(=NCC1(SC)CCOCC1)NC(C)C. The van der Waals surface area contributed by atoms with Crippen LogP contribution in [-0.4, -0.2) is 49.3 Å². The predicted molar refractivity (Wildman–Crippen MR) is 80.5 cm³/mol. The lowest BCUT2D eigenvalue weighted by Gasteiger charge is -2.34. The summed E-state index contributed by atoms with van der Waals surface area (Å²) in [5, 5.41) is 6.65. The molecular weight excluding hydrogens is 246 g/mol. The molecule has 0 bridgehead atoms. The molecule has 0 aromatic rings. The Bertz CT molecular complexity index is 263. The summed E-state index contributed by atoms with van der Waals surface area (Å²) in [7, 11) is 0. The van der Waals surface area contributed by atoms with Crippen molar-refractivity contribution in [3.05, 3.63) is 0 Å². The second-order valence-electron chi connectivity index (χ2n) is 4.99. The second kappa shape index (κ2) is 7.89. The zero-order valence-corrected chi connectivity index (χ0v) is 12.9. The van der Waals surface area contributed by atoms with E-state index in [-0.39, 0.29) is 4.75 Å². The minimum atomic E-state index is 0.261. The standard InChI is InChI=1S/C13H27N3OS/c1-5-14-12(16-11(2)3)15-10-13(18-4)6-8-17-9-7-13/h11H,5-10H2,1-4H3,(H2,14,15,16). The lowest BCUT2D eigenvalue weighted by atomic mass is 9.99. The molecule has 0 spiro atoms. The maximum Gasteiger partial charge on any atom is 0.191 e. The van der Waals surface area contributed by atoms with Crippen molar-refractivity contribution >= 4 is 17.7 Å². The molecule has 18 heavy (non-hydrogen) atoms. The summed E-state index contributed by atoms with van der Waals surface area (Å²) in [6.45, 7) is 9.84. The zero-order chi connectivity index (χ0) is 13.4. The summed E-state index contributed by atoms with van der Waals surface area (Å²) in [5.74, 6) is 0.924. The highest BCUT2D eigenvalue weighted by atomic mass is 32.2. The van der Waals surface area contributed by atoms with Crippen LogP contribution in [0.25, 0.3) is 0 Å². The predicted octanol–water partition coefficient (Wildman–Crippen LogP) is 1.86. The molecule has 2 N–H and O–H groups in total. The van der Waals surface area contributed by atoms with E-state index in [9.17, 15) is 0 Å². The zero-order valence-electron chi connectivity index (χ0n) is 12.1. The monoisotopic (exact) mass is 273 g/mol. The van der Waals surface area contributed by atoms with E-state index in [4.69, 9.17) is 9.73 Å². The molecule has 1 rings (SSSR count). The minimum absolute atomic E-state index is 0.261. The maximum atomic E-state index is 5.45. The van der Waals surface area contributed by atoms with E-state index in [1.165, 1.54) is 0 Å². The molecule has 0 aromatic carbocycles. The number of nitrogens with one attached hydrogen (secondary N) is 2. The van der Waals surface area contributed by atoms with Gasteiger partial charge in [-0.25, -0.2) is 0 Å². The highest BCUT2D eigenvalue weighted by molar-refractivity contribution is 8.00. The first-order valence-electron chi connectivity index (χ1n) is 6.79. The smallest absolute Gasteiger partial charge is 0.191 e.